The van der Waals surface area contributed by atoms with Gasteiger partial charge in [-0.15, -0.1) is 10.2 Å². The van der Waals surface area contributed by atoms with Crippen LogP contribution >= 0.6 is 0 Å². The van der Waals surface area contributed by atoms with Crippen molar-refractivity contribution in [2.45, 2.75) is 71.0 Å². The Morgan fingerprint density at radius 1 is 1.02 bits per heavy atom. The van der Waals surface area contributed by atoms with Crippen LogP contribution in [0.25, 0.3) is 0 Å². The van der Waals surface area contributed by atoms with E-state index >= 15 is 0 Å². The van der Waals surface area contributed by atoms with Gasteiger partial charge in [0.2, 0.25) is 11.7 Å². The van der Waals surface area contributed by atoms with Crippen molar-refractivity contribution in [2.24, 2.45) is 5.41 Å². The van der Waals surface area contributed by atoms with E-state index in [4.69, 9.17) is 24.5 Å². The lowest BCUT2D eigenvalue weighted by atomic mass is 9.73. The molecule has 18 heteroatoms. The molecule has 0 atom stereocenters. The van der Waals surface area contributed by atoms with Crippen LogP contribution in [0.4, 0.5) is 26.3 Å². The molecule has 0 bridgehead atoms. The minimum atomic E-state index is -5.08. The molecule has 2 aliphatic rings. The van der Waals surface area contributed by atoms with Crippen molar-refractivity contribution in [1.82, 2.24) is 30.0 Å². The number of rotatable bonds is 5. The second-order valence-corrected chi connectivity index (χ2v) is 10.2. The fourth-order valence-electron chi connectivity index (χ4n) is 4.54. The molecule has 1 saturated heterocycles. The number of aliphatic carboxylic acids is 2. The minimum Gasteiger partial charge on any atom is -0.481 e. The van der Waals surface area contributed by atoms with Crippen LogP contribution in [0.15, 0.2) is 18.3 Å². The second kappa shape index (κ2) is 14.5. The number of halogens is 6. The molecule has 2 aromatic rings. The number of nitrogens with one attached hydrogen (secondary N) is 1. The second-order valence-electron chi connectivity index (χ2n) is 10.2. The van der Waals surface area contributed by atoms with Crippen molar-refractivity contribution in [3.63, 3.8) is 0 Å². The number of carboxylic acid groups (broad SMARTS) is 2. The van der Waals surface area contributed by atoms with Crippen LogP contribution in [-0.4, -0.2) is 91.3 Å². The molecule has 4 heterocycles. The normalized spacial score (nSPS) is 16.2. The van der Waals surface area contributed by atoms with Crippen LogP contribution in [-0.2, 0) is 29.1 Å². The van der Waals surface area contributed by atoms with Gasteiger partial charge < -0.3 is 24.8 Å². The van der Waals surface area contributed by atoms with Gasteiger partial charge in [0, 0.05) is 37.3 Å². The van der Waals surface area contributed by atoms with E-state index in [9.17, 15) is 31.1 Å². The number of amides is 1. The highest BCUT2D eigenvalue weighted by atomic mass is 19.4. The monoisotopic (exact) mass is 626 g/mol. The number of piperidine rings is 1. The number of methoxy groups -OCH3 is 1. The van der Waals surface area contributed by atoms with Gasteiger partial charge in [-0.05, 0) is 57.7 Å². The molecule has 0 saturated carbocycles. The average Bonchev–Trinajstić information content (AvgIpc) is 3.33. The number of aryl methyl sites for hydroxylation is 1. The number of likely N-dealkylation sites (tertiary alicyclic amines) is 1. The summed E-state index contributed by atoms with van der Waals surface area (Å²) >= 11 is 0. The third kappa shape index (κ3) is 10.4. The number of carbonyl (C=O) groups excluding carboxylic acids is 1. The molecule has 1 spiro atoms. The summed E-state index contributed by atoms with van der Waals surface area (Å²) in [6.07, 6.45) is -4.18. The van der Waals surface area contributed by atoms with Crippen LogP contribution in [0.5, 0.6) is 5.88 Å². The van der Waals surface area contributed by atoms with E-state index in [1.165, 1.54) is 0 Å². The van der Waals surface area contributed by atoms with Gasteiger partial charge in [-0.1, -0.05) is 6.07 Å². The number of pyridine rings is 1. The van der Waals surface area contributed by atoms with Crippen LogP contribution in [0.2, 0.25) is 0 Å². The number of aromatic nitrogens is 4. The number of hydrogen-bond acceptors (Lipinski definition) is 8. The van der Waals surface area contributed by atoms with Gasteiger partial charge >= 0.3 is 24.3 Å². The lowest BCUT2D eigenvalue weighted by molar-refractivity contribution is -0.193. The number of ether oxygens (including phenoxy) is 1. The summed E-state index contributed by atoms with van der Waals surface area (Å²) in [5.41, 5.74) is 1.35. The van der Waals surface area contributed by atoms with Gasteiger partial charge in [-0.3, -0.25) is 9.69 Å². The number of fused-ring (bicyclic) bond motifs is 1. The predicted octanol–water partition coefficient (Wildman–Crippen LogP) is 3.32. The molecule has 2 aliphatic heterocycles. The standard InChI is InChI=1S/C21H30N6O2.2C2HF3O2/c1-15(2)23-19(28)18-25-24-17-6-7-21(14-27(17)18)8-11-26(12-9-21)13-16-5-4-10-22-20(16)29-3;2*3-2(4,5)1(6)7/h4-5,10,15H,6-9,11-14H2,1-3H3,(H,23,28);2*(H,6,7). The van der Waals surface area contributed by atoms with Crippen LogP contribution < -0.4 is 10.1 Å². The Bertz CT molecular complexity index is 1230. The van der Waals surface area contributed by atoms with Crippen LogP contribution in [0, 0.1) is 5.41 Å². The lowest BCUT2D eigenvalue weighted by Crippen LogP contribution is -2.45. The molecule has 1 fully saturated rings. The van der Waals surface area contributed by atoms with Crippen molar-refractivity contribution < 1.29 is 55.7 Å². The molecular weight excluding hydrogens is 594 g/mol. The summed E-state index contributed by atoms with van der Waals surface area (Å²) in [6.45, 7) is 7.67. The van der Waals surface area contributed by atoms with Crippen molar-refractivity contribution in [3.8, 4) is 5.88 Å². The molecule has 12 nitrogen and oxygen atoms in total. The molecule has 1 amide bonds. The first-order valence-electron chi connectivity index (χ1n) is 12.9. The lowest BCUT2D eigenvalue weighted by Gasteiger charge is -2.44. The summed E-state index contributed by atoms with van der Waals surface area (Å²) < 4.78 is 70.9. The zero-order valence-electron chi connectivity index (χ0n) is 23.5. The molecule has 0 radical (unpaired) electrons. The zero-order valence-corrected chi connectivity index (χ0v) is 23.5. The highest BCUT2D eigenvalue weighted by Gasteiger charge is 2.40. The van der Waals surface area contributed by atoms with Crippen molar-refractivity contribution in [1.29, 1.82) is 0 Å². The maximum Gasteiger partial charge on any atom is 0.490 e. The molecule has 0 unspecified atom stereocenters. The Morgan fingerprint density at radius 2 is 1.58 bits per heavy atom. The maximum atomic E-state index is 12.5. The molecule has 4 rings (SSSR count). The van der Waals surface area contributed by atoms with E-state index in [2.05, 4.69) is 36.0 Å². The van der Waals surface area contributed by atoms with Crippen molar-refractivity contribution in [3.05, 3.63) is 35.5 Å². The van der Waals surface area contributed by atoms with Crippen LogP contribution in [0.1, 0.15) is 55.1 Å². The van der Waals surface area contributed by atoms with E-state index < -0.39 is 24.3 Å². The Morgan fingerprint density at radius 3 is 2.07 bits per heavy atom. The fourth-order valence-corrected chi connectivity index (χ4v) is 4.54. The Hall–Kier alpha value is -3.96. The highest BCUT2D eigenvalue weighted by molar-refractivity contribution is 5.90. The number of carboxylic acids is 2. The van der Waals surface area contributed by atoms with Gasteiger partial charge in [-0.2, -0.15) is 26.3 Å². The van der Waals surface area contributed by atoms with E-state index in [1.54, 1.807) is 13.3 Å². The van der Waals surface area contributed by atoms with E-state index in [-0.39, 0.29) is 17.4 Å². The quantitative estimate of drug-likeness (QED) is 0.420. The third-order valence-electron chi connectivity index (χ3n) is 6.66. The number of alkyl halides is 6. The molecule has 3 N–H and O–H groups in total. The Labute approximate surface area is 242 Å². The average molecular weight is 627 g/mol. The SMILES string of the molecule is COc1ncccc1CN1CCC2(CCc3nnc(C(=O)NC(C)C)n3C2)CC1.O=C(O)C(F)(F)F.O=C(O)C(F)(F)F. The van der Waals surface area contributed by atoms with Gasteiger partial charge in [0.1, 0.15) is 5.82 Å². The van der Waals surface area contributed by atoms with Gasteiger partial charge in [0.15, 0.2) is 0 Å². The van der Waals surface area contributed by atoms with Crippen molar-refractivity contribution in [2.75, 3.05) is 20.2 Å². The van der Waals surface area contributed by atoms with Gasteiger partial charge in [0.05, 0.1) is 7.11 Å². The van der Waals surface area contributed by atoms with Crippen LogP contribution in [0.3, 0.4) is 0 Å². The van der Waals surface area contributed by atoms with E-state index in [0.29, 0.717) is 11.7 Å². The summed E-state index contributed by atoms with van der Waals surface area (Å²) in [6, 6.07) is 4.13. The first kappa shape index (κ1) is 35.2. The predicted molar refractivity (Wildman–Crippen MR) is 136 cm³/mol. The summed E-state index contributed by atoms with van der Waals surface area (Å²) in [5.74, 6) is -3.54. The summed E-state index contributed by atoms with van der Waals surface area (Å²) in [7, 11) is 1.67. The smallest absolute Gasteiger partial charge is 0.481 e. The van der Waals surface area contributed by atoms with Gasteiger partial charge in [-0.25, -0.2) is 14.6 Å². The molecule has 2 aromatic heterocycles. The summed E-state index contributed by atoms with van der Waals surface area (Å²) in [5, 5.41) is 25.7. The maximum absolute atomic E-state index is 12.5. The minimum absolute atomic E-state index is 0.0840. The first-order valence-corrected chi connectivity index (χ1v) is 12.9. The zero-order chi connectivity index (χ0) is 32.6. The Balaban J connectivity index is 0.000000384. The molecule has 240 valence electrons. The first-order chi connectivity index (χ1) is 19.9. The van der Waals surface area contributed by atoms with E-state index in [1.807, 2.05) is 19.9 Å². The topological polar surface area (TPSA) is 160 Å². The molecule has 0 aliphatic carbocycles. The third-order valence-corrected chi connectivity index (χ3v) is 6.66. The number of nitrogens with zero attached hydrogens (tertiary/aromatic N) is 5. The van der Waals surface area contributed by atoms with E-state index in [0.717, 1.165) is 63.3 Å². The molecular formula is C25H32F6N6O6. The molecule has 43 heavy (non-hydrogen) atoms. The van der Waals surface area contributed by atoms with Crippen molar-refractivity contribution >= 4 is 17.8 Å². The Kier molecular flexibility index (Phi) is 11.9. The van der Waals surface area contributed by atoms with Gasteiger partial charge in [0.25, 0.3) is 5.91 Å². The molecule has 0 aromatic carbocycles. The number of hydrogen-bond donors (Lipinski definition) is 3. The fraction of sp³-hybridized carbons (Fsp3) is 0.600. The number of carbonyl (C=O) groups is 3. The largest absolute Gasteiger partial charge is 0.490 e. The highest BCUT2D eigenvalue weighted by Crippen LogP contribution is 2.41. The summed E-state index contributed by atoms with van der Waals surface area (Å²) in [4.78, 5) is 37.1.